The second kappa shape index (κ2) is 6.56. The molecule has 2 rings (SSSR count). The summed E-state index contributed by atoms with van der Waals surface area (Å²) in [5, 5.41) is 3.89. The summed E-state index contributed by atoms with van der Waals surface area (Å²) in [4.78, 5) is 0. The number of hydrogen-bond acceptors (Lipinski definition) is 2. The van der Waals surface area contributed by atoms with E-state index in [1.54, 1.807) is 0 Å². The zero-order chi connectivity index (χ0) is 15.6. The summed E-state index contributed by atoms with van der Waals surface area (Å²) in [5.41, 5.74) is 0.0875. The van der Waals surface area contributed by atoms with E-state index in [0.29, 0.717) is 12.1 Å². The average molecular weight is 291 g/mol. The minimum absolute atomic E-state index is 0.0875. The van der Waals surface area contributed by atoms with Gasteiger partial charge in [-0.3, -0.25) is 0 Å². The quantitative estimate of drug-likeness (QED) is 0.820. The van der Waals surface area contributed by atoms with Gasteiger partial charge in [0.25, 0.3) is 0 Å². The Kier molecular flexibility index (Phi) is 5.19. The van der Waals surface area contributed by atoms with Gasteiger partial charge >= 0.3 is 0 Å². The SMILES string of the molecule is Cc1ccc(C(C)(C)C[C@H](C)N[C@@H]2CCC[C@@H](C)[C@@H]2C)o1. The van der Waals surface area contributed by atoms with Crippen LogP contribution in [0.5, 0.6) is 0 Å². The fraction of sp³-hybridized carbons (Fsp3) is 0.789. The van der Waals surface area contributed by atoms with Crippen LogP contribution in [0, 0.1) is 18.8 Å². The highest BCUT2D eigenvalue weighted by atomic mass is 16.3. The molecule has 0 unspecified atom stereocenters. The highest BCUT2D eigenvalue weighted by Crippen LogP contribution is 2.32. The lowest BCUT2D eigenvalue weighted by atomic mass is 9.77. The van der Waals surface area contributed by atoms with Crippen LogP contribution in [0.25, 0.3) is 0 Å². The number of nitrogens with one attached hydrogen (secondary N) is 1. The molecular weight excluding hydrogens is 258 g/mol. The first-order valence-electron chi connectivity index (χ1n) is 8.62. The van der Waals surface area contributed by atoms with E-state index >= 15 is 0 Å². The smallest absolute Gasteiger partial charge is 0.109 e. The molecule has 1 aromatic heterocycles. The van der Waals surface area contributed by atoms with Gasteiger partial charge in [0.1, 0.15) is 11.5 Å². The van der Waals surface area contributed by atoms with Gasteiger partial charge in [-0.25, -0.2) is 0 Å². The van der Waals surface area contributed by atoms with E-state index in [2.05, 4.69) is 52.1 Å². The Morgan fingerprint density at radius 3 is 2.62 bits per heavy atom. The van der Waals surface area contributed by atoms with Crippen LogP contribution in [-0.4, -0.2) is 12.1 Å². The van der Waals surface area contributed by atoms with Crippen molar-refractivity contribution in [3.8, 4) is 0 Å². The van der Waals surface area contributed by atoms with Crippen LogP contribution in [0.2, 0.25) is 0 Å². The maximum Gasteiger partial charge on any atom is 0.109 e. The molecule has 1 fully saturated rings. The lowest BCUT2D eigenvalue weighted by Crippen LogP contribution is -2.46. The second-order valence-corrected chi connectivity index (χ2v) is 7.94. The van der Waals surface area contributed by atoms with Crippen LogP contribution in [0.15, 0.2) is 16.5 Å². The third-order valence-corrected chi connectivity index (χ3v) is 5.43. The van der Waals surface area contributed by atoms with Crippen molar-refractivity contribution in [3.05, 3.63) is 23.7 Å². The Balaban J connectivity index is 1.93. The summed E-state index contributed by atoms with van der Waals surface area (Å²) in [6.07, 6.45) is 5.20. The number of aryl methyl sites for hydroxylation is 1. The van der Waals surface area contributed by atoms with Crippen molar-refractivity contribution in [1.82, 2.24) is 5.32 Å². The zero-order valence-electron chi connectivity index (χ0n) is 14.7. The molecule has 1 saturated carbocycles. The summed E-state index contributed by atoms with van der Waals surface area (Å²) in [6, 6.07) is 5.40. The summed E-state index contributed by atoms with van der Waals surface area (Å²) in [7, 11) is 0. The molecule has 0 aliphatic heterocycles. The lowest BCUT2D eigenvalue weighted by Gasteiger charge is -2.38. The molecule has 2 heteroatoms. The van der Waals surface area contributed by atoms with Gasteiger partial charge in [0.05, 0.1) is 0 Å². The molecule has 120 valence electrons. The van der Waals surface area contributed by atoms with Crippen molar-refractivity contribution in [2.75, 3.05) is 0 Å². The van der Waals surface area contributed by atoms with Crippen molar-refractivity contribution in [3.63, 3.8) is 0 Å². The first kappa shape index (κ1) is 16.6. The van der Waals surface area contributed by atoms with E-state index in [4.69, 9.17) is 4.42 Å². The summed E-state index contributed by atoms with van der Waals surface area (Å²) in [6.45, 7) is 13.7. The fourth-order valence-electron chi connectivity index (χ4n) is 3.91. The molecule has 1 aliphatic rings. The number of hydrogen-bond donors (Lipinski definition) is 1. The predicted octanol–water partition coefficient (Wildman–Crippen LogP) is 5.06. The van der Waals surface area contributed by atoms with Gasteiger partial charge in [0.15, 0.2) is 0 Å². The molecule has 4 atom stereocenters. The summed E-state index contributed by atoms with van der Waals surface area (Å²) < 4.78 is 5.85. The standard InChI is InChI=1S/C19H33NO/c1-13-8-7-9-17(16(13)4)20-14(2)12-19(5,6)18-11-10-15(3)21-18/h10-11,13-14,16-17,20H,7-9,12H2,1-6H3/t13-,14+,16+,17-/m1/s1. The summed E-state index contributed by atoms with van der Waals surface area (Å²) >= 11 is 0. The molecule has 0 amide bonds. The Morgan fingerprint density at radius 1 is 1.29 bits per heavy atom. The van der Waals surface area contributed by atoms with Gasteiger partial charge in [0, 0.05) is 17.5 Å². The van der Waals surface area contributed by atoms with E-state index in [0.717, 1.165) is 29.8 Å². The monoisotopic (exact) mass is 291 g/mol. The molecule has 2 nitrogen and oxygen atoms in total. The molecular formula is C19H33NO. The lowest BCUT2D eigenvalue weighted by molar-refractivity contribution is 0.186. The molecule has 0 spiro atoms. The molecule has 1 aromatic rings. The first-order chi connectivity index (χ1) is 9.79. The minimum Gasteiger partial charge on any atom is -0.466 e. The third kappa shape index (κ3) is 4.12. The molecule has 21 heavy (non-hydrogen) atoms. The Morgan fingerprint density at radius 2 is 2.00 bits per heavy atom. The van der Waals surface area contributed by atoms with E-state index < -0.39 is 0 Å². The van der Waals surface area contributed by atoms with Crippen LogP contribution in [0.1, 0.15) is 71.8 Å². The largest absolute Gasteiger partial charge is 0.466 e. The minimum atomic E-state index is 0.0875. The Hall–Kier alpha value is -0.760. The zero-order valence-corrected chi connectivity index (χ0v) is 14.7. The molecule has 1 heterocycles. The van der Waals surface area contributed by atoms with Gasteiger partial charge < -0.3 is 9.73 Å². The molecule has 0 aromatic carbocycles. The van der Waals surface area contributed by atoms with Crippen LogP contribution in [0.4, 0.5) is 0 Å². The van der Waals surface area contributed by atoms with Gasteiger partial charge in [-0.1, -0.05) is 40.5 Å². The molecule has 1 N–H and O–H groups in total. The normalized spacial score (nSPS) is 28.6. The van der Waals surface area contributed by atoms with Crippen molar-refractivity contribution in [1.29, 1.82) is 0 Å². The van der Waals surface area contributed by atoms with Gasteiger partial charge in [-0.15, -0.1) is 0 Å². The van der Waals surface area contributed by atoms with E-state index in [-0.39, 0.29) is 5.41 Å². The Bertz CT molecular complexity index is 448. The number of furan rings is 1. The molecule has 1 aliphatic carbocycles. The third-order valence-electron chi connectivity index (χ3n) is 5.43. The van der Waals surface area contributed by atoms with Crippen LogP contribution in [-0.2, 0) is 5.41 Å². The van der Waals surface area contributed by atoms with Crippen molar-refractivity contribution >= 4 is 0 Å². The van der Waals surface area contributed by atoms with E-state index in [1.807, 2.05) is 6.92 Å². The average Bonchev–Trinajstić information content (AvgIpc) is 2.82. The summed E-state index contributed by atoms with van der Waals surface area (Å²) in [5.74, 6) is 3.76. The van der Waals surface area contributed by atoms with Gasteiger partial charge in [-0.2, -0.15) is 0 Å². The van der Waals surface area contributed by atoms with Crippen molar-refractivity contribution < 1.29 is 4.42 Å². The van der Waals surface area contributed by atoms with Gasteiger partial charge in [0.2, 0.25) is 0 Å². The molecule has 0 saturated heterocycles. The number of rotatable bonds is 5. The fourth-order valence-corrected chi connectivity index (χ4v) is 3.91. The maximum absolute atomic E-state index is 5.85. The van der Waals surface area contributed by atoms with Crippen LogP contribution < -0.4 is 5.32 Å². The highest BCUT2D eigenvalue weighted by Gasteiger charge is 2.31. The van der Waals surface area contributed by atoms with Crippen molar-refractivity contribution in [2.24, 2.45) is 11.8 Å². The van der Waals surface area contributed by atoms with Crippen molar-refractivity contribution in [2.45, 2.75) is 84.7 Å². The van der Waals surface area contributed by atoms with Crippen LogP contribution in [0.3, 0.4) is 0 Å². The predicted molar refractivity (Wildman–Crippen MR) is 89.7 cm³/mol. The topological polar surface area (TPSA) is 25.2 Å². The maximum atomic E-state index is 5.85. The van der Waals surface area contributed by atoms with E-state index in [9.17, 15) is 0 Å². The van der Waals surface area contributed by atoms with Crippen LogP contribution >= 0.6 is 0 Å². The second-order valence-electron chi connectivity index (χ2n) is 7.94. The van der Waals surface area contributed by atoms with E-state index in [1.165, 1.54) is 19.3 Å². The first-order valence-corrected chi connectivity index (χ1v) is 8.62. The molecule has 0 bridgehead atoms. The Labute approximate surface area is 130 Å². The van der Waals surface area contributed by atoms with Gasteiger partial charge in [-0.05, 0) is 50.7 Å². The molecule has 0 radical (unpaired) electrons. The highest BCUT2D eigenvalue weighted by molar-refractivity contribution is 5.15.